The van der Waals surface area contributed by atoms with E-state index in [0.717, 1.165) is 25.3 Å². The van der Waals surface area contributed by atoms with Crippen LogP contribution in [0.4, 0.5) is 10.1 Å². The summed E-state index contributed by atoms with van der Waals surface area (Å²) in [6, 6.07) is 8.84. The lowest BCUT2D eigenvalue weighted by molar-refractivity contribution is -0.149. The third-order valence-electron chi connectivity index (χ3n) is 3.62. The van der Waals surface area contributed by atoms with Crippen molar-refractivity contribution >= 4 is 27.6 Å². The van der Waals surface area contributed by atoms with Crippen LogP contribution in [-0.4, -0.2) is 40.7 Å². The Balaban J connectivity index is 2.33. The van der Waals surface area contributed by atoms with Crippen molar-refractivity contribution in [1.29, 1.82) is 0 Å². The van der Waals surface area contributed by atoms with E-state index in [-0.39, 0.29) is 17.0 Å². The van der Waals surface area contributed by atoms with Crippen molar-refractivity contribution in [2.45, 2.75) is 17.9 Å². The molecule has 0 amide bonds. The van der Waals surface area contributed by atoms with Crippen molar-refractivity contribution in [3.8, 4) is 5.75 Å². The summed E-state index contributed by atoms with van der Waals surface area (Å²) in [6.45, 7) is 1.29. The Kier molecular flexibility index (Phi) is 6.57. The number of methoxy groups -OCH3 is 2. The van der Waals surface area contributed by atoms with Gasteiger partial charge < -0.3 is 14.2 Å². The molecule has 0 saturated heterocycles. The van der Waals surface area contributed by atoms with Crippen LogP contribution in [0, 0.1) is 5.82 Å². The predicted molar refractivity (Wildman–Crippen MR) is 97.1 cm³/mol. The van der Waals surface area contributed by atoms with Gasteiger partial charge in [0, 0.05) is 0 Å². The molecule has 0 aliphatic rings. The van der Waals surface area contributed by atoms with Crippen molar-refractivity contribution in [1.82, 2.24) is 0 Å². The van der Waals surface area contributed by atoms with Crippen LogP contribution in [0.3, 0.4) is 0 Å². The summed E-state index contributed by atoms with van der Waals surface area (Å²) in [6.07, 6.45) is -1.21. The highest BCUT2D eigenvalue weighted by atomic mass is 32.2. The third-order valence-corrected chi connectivity index (χ3v) is 5.01. The molecule has 10 heteroatoms. The van der Waals surface area contributed by atoms with Crippen LogP contribution in [0.25, 0.3) is 0 Å². The van der Waals surface area contributed by atoms with Gasteiger partial charge in [0.1, 0.15) is 16.5 Å². The van der Waals surface area contributed by atoms with E-state index in [4.69, 9.17) is 9.47 Å². The van der Waals surface area contributed by atoms with E-state index in [2.05, 4.69) is 9.46 Å². The maximum absolute atomic E-state index is 14.2. The molecule has 0 aliphatic heterocycles. The summed E-state index contributed by atoms with van der Waals surface area (Å²) in [7, 11) is -1.91. The van der Waals surface area contributed by atoms with Gasteiger partial charge in [0.2, 0.25) is 0 Å². The van der Waals surface area contributed by atoms with E-state index in [0.29, 0.717) is 0 Å². The number of anilines is 1. The quantitative estimate of drug-likeness (QED) is 0.697. The highest BCUT2D eigenvalue weighted by Crippen LogP contribution is 2.27. The minimum absolute atomic E-state index is 0.0942. The van der Waals surface area contributed by atoms with Gasteiger partial charge in [0.15, 0.2) is 6.10 Å². The Hall–Kier alpha value is -3.14. The zero-order valence-corrected chi connectivity index (χ0v) is 16.1. The number of carbonyl (C=O) groups excluding carboxylic acids is 2. The SMILES string of the molecule is COC(=O)[C@H](C)OC(=O)c1ccc(F)c(S(=O)(=O)Nc2ccccc2OC)c1. The molecule has 8 nitrogen and oxygen atoms in total. The molecular formula is C18H18FNO7S. The van der Waals surface area contributed by atoms with Crippen LogP contribution in [0.15, 0.2) is 47.4 Å². The smallest absolute Gasteiger partial charge is 0.346 e. The summed E-state index contributed by atoms with van der Waals surface area (Å²) < 4.78 is 56.0. The molecule has 0 aromatic heterocycles. The Morgan fingerprint density at radius 1 is 1.11 bits per heavy atom. The van der Waals surface area contributed by atoms with Crippen molar-refractivity contribution in [3.05, 3.63) is 53.8 Å². The average molecular weight is 411 g/mol. The van der Waals surface area contributed by atoms with Crippen LogP contribution in [0.2, 0.25) is 0 Å². The number of benzene rings is 2. The van der Waals surface area contributed by atoms with Crippen LogP contribution < -0.4 is 9.46 Å². The number of nitrogens with one attached hydrogen (secondary N) is 1. The largest absolute Gasteiger partial charge is 0.495 e. The molecule has 0 fully saturated rings. The number of halogens is 1. The molecule has 2 aromatic carbocycles. The van der Waals surface area contributed by atoms with Gasteiger partial charge in [-0.1, -0.05) is 12.1 Å². The first kappa shape index (κ1) is 21.2. The third kappa shape index (κ3) is 4.77. The molecule has 0 radical (unpaired) electrons. The van der Waals surface area contributed by atoms with Gasteiger partial charge in [0.25, 0.3) is 10.0 Å². The van der Waals surface area contributed by atoms with E-state index in [9.17, 15) is 22.4 Å². The van der Waals surface area contributed by atoms with Crippen LogP contribution >= 0.6 is 0 Å². The Morgan fingerprint density at radius 3 is 2.43 bits per heavy atom. The Labute approximate surface area is 161 Å². The molecule has 2 rings (SSSR count). The first-order valence-electron chi connectivity index (χ1n) is 7.93. The minimum atomic E-state index is -4.39. The van der Waals surface area contributed by atoms with Crippen LogP contribution in [-0.2, 0) is 24.3 Å². The van der Waals surface area contributed by atoms with Gasteiger partial charge in [-0.3, -0.25) is 4.72 Å². The molecule has 0 heterocycles. The maximum Gasteiger partial charge on any atom is 0.346 e. The van der Waals surface area contributed by atoms with Crippen molar-refractivity contribution in [2.75, 3.05) is 18.9 Å². The molecule has 0 bridgehead atoms. The number of ether oxygens (including phenoxy) is 3. The Bertz CT molecular complexity index is 991. The van der Waals surface area contributed by atoms with E-state index in [1.54, 1.807) is 12.1 Å². The summed E-state index contributed by atoms with van der Waals surface area (Å²) in [4.78, 5) is 22.7. The summed E-state index contributed by atoms with van der Waals surface area (Å²) in [5.74, 6) is -2.64. The molecule has 2 aromatic rings. The molecule has 0 saturated carbocycles. The van der Waals surface area contributed by atoms with E-state index >= 15 is 0 Å². The molecule has 0 aliphatic carbocycles. The highest BCUT2D eigenvalue weighted by Gasteiger charge is 2.25. The van der Waals surface area contributed by atoms with Crippen LogP contribution in [0.5, 0.6) is 5.75 Å². The average Bonchev–Trinajstić information content (AvgIpc) is 2.67. The molecule has 0 spiro atoms. The first-order valence-corrected chi connectivity index (χ1v) is 9.42. The van der Waals surface area contributed by atoms with E-state index in [1.165, 1.54) is 26.2 Å². The minimum Gasteiger partial charge on any atom is -0.495 e. The van der Waals surface area contributed by atoms with Gasteiger partial charge in [-0.15, -0.1) is 0 Å². The number of para-hydroxylation sites is 2. The second-order valence-corrected chi connectivity index (χ2v) is 7.17. The summed E-state index contributed by atoms with van der Waals surface area (Å²) in [5.41, 5.74) is -0.158. The molecular weight excluding hydrogens is 393 g/mol. The normalized spacial score (nSPS) is 12.0. The van der Waals surface area contributed by atoms with Crippen molar-refractivity contribution in [2.24, 2.45) is 0 Å². The van der Waals surface area contributed by atoms with E-state index in [1.807, 2.05) is 0 Å². The van der Waals surface area contributed by atoms with Gasteiger partial charge in [-0.05, 0) is 37.3 Å². The maximum atomic E-state index is 14.2. The van der Waals surface area contributed by atoms with Crippen molar-refractivity contribution in [3.63, 3.8) is 0 Å². The second-order valence-electron chi connectivity index (χ2n) is 5.52. The highest BCUT2D eigenvalue weighted by molar-refractivity contribution is 7.92. The summed E-state index contributed by atoms with van der Waals surface area (Å²) >= 11 is 0. The number of hydrogen-bond acceptors (Lipinski definition) is 7. The second kappa shape index (κ2) is 8.70. The summed E-state index contributed by atoms with van der Waals surface area (Å²) in [5, 5.41) is 0. The first-order chi connectivity index (χ1) is 13.2. The fraction of sp³-hybridized carbons (Fsp3) is 0.222. The zero-order chi connectivity index (χ0) is 20.9. The van der Waals surface area contributed by atoms with Crippen molar-refractivity contribution < 1.29 is 36.6 Å². The Morgan fingerprint density at radius 2 is 1.79 bits per heavy atom. The fourth-order valence-corrected chi connectivity index (χ4v) is 3.38. The number of sulfonamides is 1. The fourth-order valence-electron chi connectivity index (χ4n) is 2.21. The zero-order valence-electron chi connectivity index (χ0n) is 15.3. The molecule has 1 atom stereocenters. The van der Waals surface area contributed by atoms with Gasteiger partial charge in [-0.2, -0.15) is 0 Å². The lowest BCUT2D eigenvalue weighted by Gasteiger charge is -2.14. The van der Waals surface area contributed by atoms with Gasteiger partial charge >= 0.3 is 11.9 Å². The molecule has 1 N–H and O–H groups in total. The molecule has 0 unspecified atom stereocenters. The number of rotatable bonds is 7. The molecule has 28 heavy (non-hydrogen) atoms. The monoisotopic (exact) mass is 411 g/mol. The number of carbonyl (C=O) groups is 2. The van der Waals surface area contributed by atoms with Crippen LogP contribution in [0.1, 0.15) is 17.3 Å². The molecule has 150 valence electrons. The predicted octanol–water partition coefficient (Wildman–Crippen LogP) is 2.35. The standard InChI is InChI=1S/C18H18FNO7S/c1-11(17(21)26-3)27-18(22)12-8-9-13(19)16(10-12)28(23,24)20-14-6-4-5-7-15(14)25-2/h4-11,20H,1-3H3/t11-/m0/s1. The topological polar surface area (TPSA) is 108 Å². The lowest BCUT2D eigenvalue weighted by Crippen LogP contribution is -2.25. The number of esters is 2. The van der Waals surface area contributed by atoms with Gasteiger partial charge in [0.05, 0.1) is 25.5 Å². The van der Waals surface area contributed by atoms with Gasteiger partial charge in [-0.25, -0.2) is 22.4 Å². The lowest BCUT2D eigenvalue weighted by atomic mass is 10.2. The number of hydrogen-bond donors (Lipinski definition) is 1. The van der Waals surface area contributed by atoms with E-state index < -0.39 is 38.8 Å².